The molecule has 3 aromatic heterocycles. The summed E-state index contributed by atoms with van der Waals surface area (Å²) in [5.74, 6) is 0. The van der Waals surface area contributed by atoms with Gasteiger partial charge >= 0.3 is 17.4 Å². The number of fused-ring (bicyclic) bond motifs is 2. The number of carbonyl (C=O) groups excluding carboxylic acids is 1. The highest BCUT2D eigenvalue weighted by Gasteiger charge is 2.19. The number of halogens is 1. The molecule has 4 rings (SSSR count). The van der Waals surface area contributed by atoms with E-state index in [0.29, 0.717) is 16.6 Å². The molecule has 1 N–H and O–H groups in total. The van der Waals surface area contributed by atoms with Gasteiger partial charge in [-0.05, 0) is 36.2 Å². The Labute approximate surface area is 184 Å². The van der Waals surface area contributed by atoms with E-state index in [2.05, 4.69) is 10.3 Å². The molecule has 0 saturated carbocycles. The summed E-state index contributed by atoms with van der Waals surface area (Å²) in [5.41, 5.74) is -0.337. The van der Waals surface area contributed by atoms with Crippen LogP contribution < -0.4 is 22.2 Å². The first-order valence-electron chi connectivity index (χ1n) is 9.53. The van der Waals surface area contributed by atoms with Crippen LogP contribution in [0, 0.1) is 0 Å². The zero-order chi connectivity index (χ0) is 23.2. The first-order valence-corrected chi connectivity index (χ1v) is 9.91. The number of aromatic nitrogens is 4. The molecule has 166 valence electrons. The van der Waals surface area contributed by atoms with E-state index in [4.69, 9.17) is 20.8 Å². The smallest absolute Gasteiger partial charge is 0.411 e. The fraction of sp³-hybridized carbons (Fsp3) is 0.250. The minimum absolute atomic E-state index is 0.0136. The zero-order valence-electron chi connectivity index (χ0n) is 17.3. The Morgan fingerprint density at radius 3 is 2.66 bits per heavy atom. The first kappa shape index (κ1) is 21.4. The number of ether oxygens (including phenoxy) is 1. The lowest BCUT2D eigenvalue weighted by atomic mass is 10.1. The molecule has 0 unspecified atom stereocenters. The molecule has 1 amide bonds. The summed E-state index contributed by atoms with van der Waals surface area (Å²) in [4.78, 5) is 52.9. The van der Waals surface area contributed by atoms with Gasteiger partial charge in [-0.2, -0.15) is 4.98 Å². The summed E-state index contributed by atoms with van der Waals surface area (Å²) in [5, 5.41) is 3.10. The standard InChI is InChI=1S/C20H18ClN5O6/c1-4-31-19(29)22-11-5-6-12-10(7-14(27)32-13(12)8-11)9-26-15-16(23-18(26)21)24(2)20(30)25(3)17(15)28/h5-8H,4,9H2,1-3H3,(H,22,29). The lowest BCUT2D eigenvalue weighted by Crippen LogP contribution is -2.37. The number of nitrogens with zero attached hydrogens (tertiary/aromatic N) is 4. The predicted molar refractivity (Wildman–Crippen MR) is 117 cm³/mol. The minimum atomic E-state index is -0.636. The summed E-state index contributed by atoms with van der Waals surface area (Å²) < 4.78 is 13.7. The van der Waals surface area contributed by atoms with Crippen molar-refractivity contribution in [2.24, 2.45) is 14.1 Å². The number of carbonyl (C=O) groups is 1. The molecule has 0 bridgehead atoms. The van der Waals surface area contributed by atoms with Crippen molar-refractivity contribution in [2.45, 2.75) is 13.5 Å². The third kappa shape index (κ3) is 3.56. The summed E-state index contributed by atoms with van der Waals surface area (Å²) in [6.45, 7) is 1.92. The third-order valence-electron chi connectivity index (χ3n) is 4.98. The Kier molecular flexibility index (Phi) is 5.35. The van der Waals surface area contributed by atoms with Gasteiger partial charge in [0.25, 0.3) is 5.56 Å². The Balaban J connectivity index is 1.85. The van der Waals surface area contributed by atoms with Crippen molar-refractivity contribution in [3.05, 3.63) is 66.4 Å². The molecule has 3 heterocycles. The van der Waals surface area contributed by atoms with E-state index in [1.165, 1.54) is 35.4 Å². The molecular formula is C20H18ClN5O6. The van der Waals surface area contributed by atoms with Crippen molar-refractivity contribution in [2.75, 3.05) is 11.9 Å². The lowest BCUT2D eigenvalue weighted by molar-refractivity contribution is 0.168. The van der Waals surface area contributed by atoms with Gasteiger partial charge in [0.1, 0.15) is 5.58 Å². The number of nitrogens with one attached hydrogen (secondary N) is 1. The quantitative estimate of drug-likeness (QED) is 0.363. The normalized spacial score (nSPS) is 11.2. The van der Waals surface area contributed by atoms with E-state index < -0.39 is 23.0 Å². The molecule has 0 atom stereocenters. The molecule has 12 heteroatoms. The highest BCUT2D eigenvalue weighted by Crippen LogP contribution is 2.24. The Bertz CT molecular complexity index is 1560. The summed E-state index contributed by atoms with van der Waals surface area (Å²) in [6.07, 6.45) is -0.636. The molecule has 0 aliphatic heterocycles. The second kappa shape index (κ2) is 8.00. The molecular weight excluding hydrogens is 442 g/mol. The molecule has 0 spiro atoms. The second-order valence-corrected chi connectivity index (χ2v) is 7.33. The van der Waals surface area contributed by atoms with Gasteiger partial charge in [0, 0.05) is 37.3 Å². The van der Waals surface area contributed by atoms with Gasteiger partial charge in [-0.1, -0.05) is 0 Å². The zero-order valence-corrected chi connectivity index (χ0v) is 18.1. The van der Waals surface area contributed by atoms with Crippen LogP contribution in [-0.2, 0) is 25.4 Å². The van der Waals surface area contributed by atoms with Crippen LogP contribution >= 0.6 is 11.6 Å². The largest absolute Gasteiger partial charge is 0.450 e. The fourth-order valence-corrected chi connectivity index (χ4v) is 3.68. The van der Waals surface area contributed by atoms with E-state index >= 15 is 0 Å². The van der Waals surface area contributed by atoms with Crippen molar-refractivity contribution in [3.8, 4) is 0 Å². The number of amides is 1. The number of hydrogen-bond donors (Lipinski definition) is 1. The molecule has 1 aromatic carbocycles. The summed E-state index contributed by atoms with van der Waals surface area (Å²) >= 11 is 6.29. The SMILES string of the molecule is CCOC(=O)Nc1ccc2c(Cn3c(Cl)nc4c3c(=O)n(C)c(=O)n4C)cc(=O)oc2c1. The Hall–Kier alpha value is -3.86. The number of imidazole rings is 1. The van der Waals surface area contributed by atoms with E-state index in [-0.39, 0.29) is 35.2 Å². The number of anilines is 1. The fourth-order valence-electron chi connectivity index (χ4n) is 3.46. The maximum Gasteiger partial charge on any atom is 0.411 e. The van der Waals surface area contributed by atoms with Crippen molar-refractivity contribution in [3.63, 3.8) is 0 Å². The van der Waals surface area contributed by atoms with E-state index in [0.717, 1.165) is 4.57 Å². The van der Waals surface area contributed by atoms with Crippen LogP contribution in [0.2, 0.25) is 5.28 Å². The summed E-state index contributed by atoms with van der Waals surface area (Å²) in [6, 6.07) is 6.07. The predicted octanol–water partition coefficient (Wildman–Crippen LogP) is 1.81. The molecule has 11 nitrogen and oxygen atoms in total. The van der Waals surface area contributed by atoms with Crippen molar-refractivity contribution >= 4 is 45.5 Å². The number of benzene rings is 1. The minimum Gasteiger partial charge on any atom is -0.450 e. The van der Waals surface area contributed by atoms with E-state index in [9.17, 15) is 19.2 Å². The molecule has 0 fully saturated rings. The second-order valence-electron chi connectivity index (χ2n) is 6.99. The molecule has 0 aliphatic carbocycles. The molecule has 0 saturated heterocycles. The van der Waals surface area contributed by atoms with Crippen LogP contribution in [0.1, 0.15) is 12.5 Å². The van der Waals surface area contributed by atoms with Gasteiger partial charge in [-0.25, -0.2) is 14.4 Å². The number of aryl methyl sites for hydroxylation is 1. The van der Waals surface area contributed by atoms with Crippen LogP contribution in [0.3, 0.4) is 0 Å². The van der Waals surface area contributed by atoms with Crippen molar-refractivity contribution < 1.29 is 13.9 Å². The van der Waals surface area contributed by atoms with Gasteiger partial charge in [0.05, 0.1) is 13.2 Å². The Morgan fingerprint density at radius 2 is 1.94 bits per heavy atom. The number of hydrogen-bond acceptors (Lipinski definition) is 7. The maximum absolute atomic E-state index is 12.8. The summed E-state index contributed by atoms with van der Waals surface area (Å²) in [7, 11) is 2.85. The maximum atomic E-state index is 12.8. The highest BCUT2D eigenvalue weighted by atomic mass is 35.5. The van der Waals surface area contributed by atoms with Gasteiger partial charge in [0.2, 0.25) is 5.28 Å². The monoisotopic (exact) mass is 459 g/mol. The molecule has 32 heavy (non-hydrogen) atoms. The molecule has 4 aromatic rings. The average Bonchev–Trinajstić information content (AvgIpc) is 3.06. The third-order valence-corrected chi connectivity index (χ3v) is 5.27. The highest BCUT2D eigenvalue weighted by molar-refractivity contribution is 6.29. The van der Waals surface area contributed by atoms with Crippen LogP contribution in [0.25, 0.3) is 22.1 Å². The van der Waals surface area contributed by atoms with Crippen molar-refractivity contribution in [1.29, 1.82) is 0 Å². The van der Waals surface area contributed by atoms with Gasteiger partial charge in [0.15, 0.2) is 11.2 Å². The van der Waals surface area contributed by atoms with Crippen LogP contribution in [-0.4, -0.2) is 31.4 Å². The Morgan fingerprint density at radius 1 is 1.19 bits per heavy atom. The first-order chi connectivity index (χ1) is 15.2. The van der Waals surface area contributed by atoms with E-state index in [1.54, 1.807) is 19.1 Å². The van der Waals surface area contributed by atoms with Gasteiger partial charge in [-0.3, -0.25) is 19.2 Å². The van der Waals surface area contributed by atoms with E-state index in [1.807, 2.05) is 0 Å². The van der Waals surface area contributed by atoms with Crippen molar-refractivity contribution in [1.82, 2.24) is 18.7 Å². The van der Waals surface area contributed by atoms with Crippen LogP contribution in [0.15, 0.2) is 43.1 Å². The number of rotatable bonds is 4. The molecule has 0 radical (unpaired) electrons. The topological polar surface area (TPSA) is 130 Å². The molecule has 0 aliphatic rings. The van der Waals surface area contributed by atoms with Gasteiger partial charge in [-0.15, -0.1) is 0 Å². The van der Waals surface area contributed by atoms with Crippen LogP contribution in [0.4, 0.5) is 10.5 Å². The average molecular weight is 460 g/mol. The lowest BCUT2D eigenvalue weighted by Gasteiger charge is -2.10. The van der Waals surface area contributed by atoms with Gasteiger partial charge < -0.3 is 13.7 Å². The van der Waals surface area contributed by atoms with Crippen LogP contribution in [0.5, 0.6) is 0 Å².